The van der Waals surface area contributed by atoms with Crippen LogP contribution in [0, 0.1) is 0 Å². The third kappa shape index (κ3) is 2.95. The second-order valence-corrected chi connectivity index (χ2v) is 3.89. The quantitative estimate of drug-likeness (QED) is 0.835. The van der Waals surface area contributed by atoms with Crippen molar-refractivity contribution in [2.45, 2.75) is 0 Å². The summed E-state index contributed by atoms with van der Waals surface area (Å²) < 4.78 is 1.06. The van der Waals surface area contributed by atoms with Gasteiger partial charge in [-0.2, -0.15) is 0 Å². The molecule has 0 unspecified atom stereocenters. The van der Waals surface area contributed by atoms with Gasteiger partial charge in [-0.25, -0.2) is 4.98 Å². The number of halogens is 1. The Labute approximate surface area is 96.6 Å². The summed E-state index contributed by atoms with van der Waals surface area (Å²) in [5, 5.41) is 0. The van der Waals surface area contributed by atoms with Crippen LogP contribution in [0.3, 0.4) is 0 Å². The number of hydrogen-bond donors (Lipinski definition) is 2. The van der Waals surface area contributed by atoms with E-state index in [4.69, 9.17) is 0 Å². The molecule has 2 aromatic rings. The first-order valence-electron chi connectivity index (χ1n) is 4.53. The molecule has 3 nitrogen and oxygen atoms in total. The van der Waals surface area contributed by atoms with Gasteiger partial charge in [-0.1, -0.05) is 22.0 Å². The number of aromatic nitrogens is 1. The molecular weight excluding hydrogens is 254 g/mol. The zero-order valence-electron chi connectivity index (χ0n) is 7.94. The number of nitrogens with zero attached hydrogens (tertiary/aromatic N) is 1. The van der Waals surface area contributed by atoms with E-state index in [-0.39, 0.29) is 0 Å². The Kier molecular flexibility index (Phi) is 3.19. The summed E-state index contributed by atoms with van der Waals surface area (Å²) in [5.74, 6) is 0.792. The first kappa shape index (κ1) is 9.98. The highest BCUT2D eigenvalue weighted by molar-refractivity contribution is 9.10. The third-order valence-electron chi connectivity index (χ3n) is 1.84. The van der Waals surface area contributed by atoms with Crippen LogP contribution in [-0.4, -0.2) is 4.98 Å². The van der Waals surface area contributed by atoms with Gasteiger partial charge in [0.1, 0.15) is 5.82 Å². The normalized spacial score (nSPS) is 9.67. The fraction of sp³-hybridized carbons (Fsp3) is 0. The molecule has 0 radical (unpaired) electrons. The van der Waals surface area contributed by atoms with Crippen molar-refractivity contribution in [2.24, 2.45) is 0 Å². The molecule has 1 aromatic heterocycles. The molecule has 76 valence electrons. The average molecular weight is 264 g/mol. The van der Waals surface area contributed by atoms with E-state index >= 15 is 0 Å². The maximum atomic E-state index is 4.13. The minimum atomic E-state index is 0.792. The zero-order chi connectivity index (χ0) is 10.5. The molecule has 2 rings (SSSR count). The molecule has 2 N–H and O–H groups in total. The Morgan fingerprint density at radius 3 is 2.40 bits per heavy atom. The fourth-order valence-electron chi connectivity index (χ4n) is 1.11. The van der Waals surface area contributed by atoms with Crippen molar-refractivity contribution in [1.82, 2.24) is 4.98 Å². The van der Waals surface area contributed by atoms with Crippen LogP contribution in [0.5, 0.6) is 0 Å². The molecule has 0 bridgehead atoms. The number of nitrogens with one attached hydrogen (secondary N) is 2. The van der Waals surface area contributed by atoms with E-state index in [9.17, 15) is 0 Å². The SMILES string of the molecule is Brc1ccc(NNc2ccccn2)cc1. The van der Waals surface area contributed by atoms with Gasteiger partial charge < -0.3 is 0 Å². The van der Waals surface area contributed by atoms with Crippen LogP contribution in [0.1, 0.15) is 0 Å². The smallest absolute Gasteiger partial charge is 0.144 e. The molecule has 0 aliphatic rings. The lowest BCUT2D eigenvalue weighted by atomic mass is 10.3. The van der Waals surface area contributed by atoms with Crippen LogP contribution in [0.15, 0.2) is 53.1 Å². The van der Waals surface area contributed by atoms with E-state index in [1.165, 1.54) is 0 Å². The molecule has 0 spiro atoms. The van der Waals surface area contributed by atoms with Crippen LogP contribution in [-0.2, 0) is 0 Å². The Balaban J connectivity index is 1.96. The van der Waals surface area contributed by atoms with E-state index in [0.29, 0.717) is 0 Å². The van der Waals surface area contributed by atoms with Crippen molar-refractivity contribution in [2.75, 3.05) is 10.9 Å². The maximum absolute atomic E-state index is 4.13. The molecule has 0 saturated heterocycles. The van der Waals surface area contributed by atoms with Crippen molar-refractivity contribution < 1.29 is 0 Å². The number of anilines is 2. The molecule has 0 atom stereocenters. The van der Waals surface area contributed by atoms with Gasteiger partial charge in [0.2, 0.25) is 0 Å². The van der Waals surface area contributed by atoms with Crippen LogP contribution < -0.4 is 10.9 Å². The highest BCUT2D eigenvalue weighted by atomic mass is 79.9. The fourth-order valence-corrected chi connectivity index (χ4v) is 1.37. The van der Waals surface area contributed by atoms with E-state index in [1.54, 1.807) is 6.20 Å². The van der Waals surface area contributed by atoms with Crippen molar-refractivity contribution in [3.63, 3.8) is 0 Å². The molecule has 0 fully saturated rings. The summed E-state index contributed by atoms with van der Waals surface area (Å²) >= 11 is 3.38. The Hall–Kier alpha value is -1.55. The summed E-state index contributed by atoms with van der Waals surface area (Å²) in [5.41, 5.74) is 7.05. The van der Waals surface area contributed by atoms with Gasteiger partial charge in [0.25, 0.3) is 0 Å². The number of hydrogen-bond acceptors (Lipinski definition) is 3. The first-order valence-corrected chi connectivity index (χ1v) is 5.32. The third-order valence-corrected chi connectivity index (χ3v) is 2.37. The molecular formula is C11H10BrN3. The lowest BCUT2D eigenvalue weighted by Crippen LogP contribution is -2.09. The van der Waals surface area contributed by atoms with Crippen LogP contribution in [0.25, 0.3) is 0 Å². The summed E-state index contributed by atoms with van der Waals surface area (Å²) in [6.45, 7) is 0. The Morgan fingerprint density at radius 1 is 0.933 bits per heavy atom. The lowest BCUT2D eigenvalue weighted by Gasteiger charge is -2.08. The predicted octanol–water partition coefficient (Wildman–Crippen LogP) is 3.28. The molecule has 15 heavy (non-hydrogen) atoms. The molecule has 0 amide bonds. The maximum Gasteiger partial charge on any atom is 0.144 e. The summed E-state index contributed by atoms with van der Waals surface area (Å²) in [6.07, 6.45) is 1.74. The Bertz CT molecular complexity index is 414. The summed E-state index contributed by atoms with van der Waals surface area (Å²) in [7, 11) is 0. The van der Waals surface area contributed by atoms with Crippen molar-refractivity contribution in [3.8, 4) is 0 Å². The van der Waals surface area contributed by atoms with Gasteiger partial charge in [-0.05, 0) is 36.4 Å². The van der Waals surface area contributed by atoms with Gasteiger partial charge in [-0.3, -0.25) is 10.9 Å². The monoisotopic (exact) mass is 263 g/mol. The molecule has 1 aromatic carbocycles. The summed E-state index contributed by atoms with van der Waals surface area (Å²) in [6, 6.07) is 13.6. The first-order chi connectivity index (χ1) is 7.34. The highest BCUT2D eigenvalue weighted by Gasteiger charge is 1.92. The lowest BCUT2D eigenvalue weighted by molar-refractivity contribution is 1.26. The van der Waals surface area contributed by atoms with Crippen LogP contribution >= 0.6 is 15.9 Å². The minimum Gasteiger partial charge on any atom is -0.300 e. The van der Waals surface area contributed by atoms with Crippen LogP contribution in [0.2, 0.25) is 0 Å². The zero-order valence-corrected chi connectivity index (χ0v) is 9.53. The van der Waals surface area contributed by atoms with Crippen LogP contribution in [0.4, 0.5) is 11.5 Å². The van der Waals surface area contributed by atoms with Gasteiger partial charge in [0.05, 0.1) is 5.69 Å². The highest BCUT2D eigenvalue weighted by Crippen LogP contribution is 2.14. The second-order valence-electron chi connectivity index (χ2n) is 2.97. The van der Waals surface area contributed by atoms with E-state index < -0.39 is 0 Å². The number of pyridine rings is 1. The largest absolute Gasteiger partial charge is 0.300 e. The minimum absolute atomic E-state index is 0.792. The average Bonchev–Trinajstić information content (AvgIpc) is 2.30. The van der Waals surface area contributed by atoms with E-state index in [1.807, 2.05) is 42.5 Å². The van der Waals surface area contributed by atoms with Crippen molar-refractivity contribution in [3.05, 3.63) is 53.1 Å². The number of hydrazine groups is 1. The molecule has 0 saturated carbocycles. The van der Waals surface area contributed by atoms with Gasteiger partial charge in [0.15, 0.2) is 0 Å². The van der Waals surface area contributed by atoms with Gasteiger partial charge in [-0.15, -0.1) is 0 Å². The standard InChI is InChI=1S/C11H10BrN3/c12-9-4-6-10(7-5-9)14-15-11-3-1-2-8-13-11/h1-8,14H,(H,13,15). The van der Waals surface area contributed by atoms with Crippen molar-refractivity contribution >= 4 is 27.4 Å². The number of rotatable bonds is 3. The molecule has 0 aliphatic heterocycles. The van der Waals surface area contributed by atoms with E-state index in [0.717, 1.165) is 16.0 Å². The molecule has 4 heteroatoms. The Morgan fingerprint density at radius 2 is 1.73 bits per heavy atom. The topological polar surface area (TPSA) is 37.0 Å². The van der Waals surface area contributed by atoms with Crippen molar-refractivity contribution in [1.29, 1.82) is 0 Å². The summed E-state index contributed by atoms with van der Waals surface area (Å²) in [4.78, 5) is 4.13. The van der Waals surface area contributed by atoms with E-state index in [2.05, 4.69) is 31.8 Å². The molecule has 0 aliphatic carbocycles. The predicted molar refractivity (Wildman–Crippen MR) is 65.6 cm³/mol. The van der Waals surface area contributed by atoms with Gasteiger partial charge >= 0.3 is 0 Å². The molecule has 1 heterocycles. The second kappa shape index (κ2) is 4.79. The number of benzene rings is 1. The van der Waals surface area contributed by atoms with Gasteiger partial charge in [0, 0.05) is 10.7 Å².